The number of anilines is 1. The van der Waals surface area contributed by atoms with Crippen molar-refractivity contribution in [1.82, 2.24) is 0 Å². The zero-order chi connectivity index (χ0) is 11.2. The van der Waals surface area contributed by atoms with Crippen LogP contribution in [0.5, 0.6) is 0 Å². The molecule has 0 saturated heterocycles. The van der Waals surface area contributed by atoms with Crippen molar-refractivity contribution in [3.8, 4) is 0 Å². The number of rotatable bonds is 2. The molecule has 0 heterocycles. The molecule has 1 aromatic rings. The number of nitrogens with two attached hydrogens (primary N) is 1. The van der Waals surface area contributed by atoms with Crippen molar-refractivity contribution in [3.63, 3.8) is 0 Å². The molecule has 1 atom stereocenters. The molecular weight excluding hydrogens is 198 g/mol. The highest BCUT2D eigenvalue weighted by atomic mass is 15.3. The van der Waals surface area contributed by atoms with Gasteiger partial charge >= 0.3 is 0 Å². The van der Waals surface area contributed by atoms with Crippen LogP contribution in [0.4, 0.5) is 5.69 Å². The third kappa shape index (κ3) is 3.35. The second-order valence-corrected chi connectivity index (χ2v) is 4.35. The first-order valence-electron chi connectivity index (χ1n) is 5.96. The summed E-state index contributed by atoms with van der Waals surface area (Å²) in [7, 11) is 0. The van der Waals surface area contributed by atoms with Gasteiger partial charge in [-0.2, -0.15) is 5.10 Å². The second kappa shape index (κ2) is 5.66. The Balaban J connectivity index is 1.92. The van der Waals surface area contributed by atoms with Crippen LogP contribution in [-0.4, -0.2) is 11.8 Å². The highest BCUT2D eigenvalue weighted by Gasteiger charge is 2.11. The maximum atomic E-state index is 5.93. The van der Waals surface area contributed by atoms with Crippen molar-refractivity contribution in [2.45, 2.75) is 38.1 Å². The average Bonchev–Trinajstić information content (AvgIpc) is 2.53. The lowest BCUT2D eigenvalue weighted by Crippen LogP contribution is -2.18. The average molecular weight is 217 g/mol. The largest absolute Gasteiger partial charge is 0.328 e. The van der Waals surface area contributed by atoms with Gasteiger partial charge in [0.25, 0.3) is 0 Å². The highest BCUT2D eigenvalue weighted by molar-refractivity contribution is 5.85. The Bertz CT molecular complexity index is 345. The molecule has 0 aliphatic heterocycles. The van der Waals surface area contributed by atoms with Gasteiger partial charge in [-0.05, 0) is 44.2 Å². The topological polar surface area (TPSA) is 50.4 Å². The van der Waals surface area contributed by atoms with Crippen LogP contribution in [0, 0.1) is 0 Å². The summed E-state index contributed by atoms with van der Waals surface area (Å²) in [5.74, 6) is 0. The third-order valence-electron chi connectivity index (χ3n) is 2.96. The first-order valence-corrected chi connectivity index (χ1v) is 5.96. The van der Waals surface area contributed by atoms with E-state index in [1.807, 2.05) is 30.3 Å². The number of hydrogen-bond acceptors (Lipinski definition) is 3. The smallest absolute Gasteiger partial charge is 0.0561 e. The Morgan fingerprint density at radius 1 is 1.12 bits per heavy atom. The number of nitrogens with zero attached hydrogens (tertiary/aromatic N) is 1. The minimum atomic E-state index is 0.365. The molecule has 3 heteroatoms. The summed E-state index contributed by atoms with van der Waals surface area (Å²) in [5, 5.41) is 4.46. The van der Waals surface area contributed by atoms with Crippen LogP contribution in [0.1, 0.15) is 32.1 Å². The predicted molar refractivity (Wildman–Crippen MR) is 68.6 cm³/mol. The Morgan fingerprint density at radius 2 is 1.94 bits per heavy atom. The third-order valence-corrected chi connectivity index (χ3v) is 2.96. The number of hydrogen-bond donors (Lipinski definition) is 2. The Labute approximate surface area is 96.7 Å². The normalized spacial score (nSPS) is 24.1. The summed E-state index contributed by atoms with van der Waals surface area (Å²) in [6, 6.07) is 10.4. The predicted octanol–water partition coefficient (Wildman–Crippen LogP) is 2.75. The number of hydrazone groups is 1. The Kier molecular flexibility index (Phi) is 3.94. The molecule has 1 saturated carbocycles. The summed E-state index contributed by atoms with van der Waals surface area (Å²) < 4.78 is 0. The molecule has 1 aliphatic rings. The van der Waals surface area contributed by atoms with Crippen LogP contribution in [0.25, 0.3) is 0 Å². The fraction of sp³-hybridized carbons (Fsp3) is 0.462. The lowest BCUT2D eigenvalue weighted by atomic mass is 10.1. The van der Waals surface area contributed by atoms with E-state index >= 15 is 0 Å². The van der Waals surface area contributed by atoms with Crippen molar-refractivity contribution in [3.05, 3.63) is 30.3 Å². The van der Waals surface area contributed by atoms with E-state index in [1.165, 1.54) is 5.71 Å². The van der Waals surface area contributed by atoms with Gasteiger partial charge in [0.05, 0.1) is 5.69 Å². The summed E-state index contributed by atoms with van der Waals surface area (Å²) in [4.78, 5) is 0. The van der Waals surface area contributed by atoms with E-state index < -0.39 is 0 Å². The van der Waals surface area contributed by atoms with Crippen molar-refractivity contribution in [1.29, 1.82) is 0 Å². The van der Waals surface area contributed by atoms with Crippen LogP contribution in [0.15, 0.2) is 35.4 Å². The fourth-order valence-electron chi connectivity index (χ4n) is 1.96. The van der Waals surface area contributed by atoms with Crippen molar-refractivity contribution in [2.75, 3.05) is 5.43 Å². The SMILES string of the molecule is NC1CCCC(=NNc2ccccc2)CC1. The lowest BCUT2D eigenvalue weighted by Gasteiger charge is -2.05. The molecule has 3 N–H and O–H groups in total. The standard InChI is InChI=1S/C13H19N3/c14-11-5-4-8-13(10-9-11)16-15-12-6-2-1-3-7-12/h1-3,6-7,11,15H,4-5,8-10,14H2. The van der Waals surface area contributed by atoms with Crippen LogP contribution in [0.3, 0.4) is 0 Å². The monoisotopic (exact) mass is 217 g/mol. The molecule has 0 aromatic heterocycles. The summed E-state index contributed by atoms with van der Waals surface area (Å²) in [6.45, 7) is 0. The Hall–Kier alpha value is -1.35. The van der Waals surface area contributed by atoms with E-state index in [0.717, 1.165) is 37.8 Å². The molecule has 1 aliphatic carbocycles. The molecule has 0 spiro atoms. The van der Waals surface area contributed by atoms with Crippen LogP contribution in [0.2, 0.25) is 0 Å². The van der Waals surface area contributed by atoms with E-state index in [4.69, 9.17) is 5.73 Å². The minimum Gasteiger partial charge on any atom is -0.328 e. The van der Waals surface area contributed by atoms with Gasteiger partial charge in [-0.3, -0.25) is 5.43 Å². The van der Waals surface area contributed by atoms with Gasteiger partial charge in [-0.1, -0.05) is 18.2 Å². The molecule has 1 fully saturated rings. The van der Waals surface area contributed by atoms with Gasteiger partial charge in [-0.15, -0.1) is 0 Å². The molecule has 0 bridgehead atoms. The zero-order valence-corrected chi connectivity index (χ0v) is 9.52. The molecule has 0 amide bonds. The van der Waals surface area contributed by atoms with Gasteiger partial charge in [0.1, 0.15) is 0 Å². The minimum absolute atomic E-state index is 0.365. The molecule has 0 radical (unpaired) electrons. The molecule has 1 aromatic carbocycles. The summed E-state index contributed by atoms with van der Waals surface area (Å²) >= 11 is 0. The Morgan fingerprint density at radius 3 is 2.75 bits per heavy atom. The lowest BCUT2D eigenvalue weighted by molar-refractivity contribution is 0.586. The number of nitrogens with one attached hydrogen (secondary N) is 1. The van der Waals surface area contributed by atoms with Gasteiger partial charge in [0.2, 0.25) is 0 Å². The van der Waals surface area contributed by atoms with Crippen molar-refractivity contribution < 1.29 is 0 Å². The summed E-state index contributed by atoms with van der Waals surface area (Å²) in [5.41, 5.74) is 11.3. The molecule has 3 nitrogen and oxygen atoms in total. The molecule has 16 heavy (non-hydrogen) atoms. The quantitative estimate of drug-likeness (QED) is 0.591. The maximum absolute atomic E-state index is 5.93. The van der Waals surface area contributed by atoms with Crippen molar-refractivity contribution >= 4 is 11.4 Å². The fourth-order valence-corrected chi connectivity index (χ4v) is 1.96. The van der Waals surface area contributed by atoms with Gasteiger partial charge in [0.15, 0.2) is 0 Å². The van der Waals surface area contributed by atoms with Crippen LogP contribution >= 0.6 is 0 Å². The molecule has 86 valence electrons. The molecular formula is C13H19N3. The maximum Gasteiger partial charge on any atom is 0.0561 e. The van der Waals surface area contributed by atoms with Gasteiger partial charge in [-0.25, -0.2) is 0 Å². The van der Waals surface area contributed by atoms with E-state index in [-0.39, 0.29) is 0 Å². The van der Waals surface area contributed by atoms with Gasteiger partial charge < -0.3 is 5.73 Å². The first kappa shape index (κ1) is 11.1. The second-order valence-electron chi connectivity index (χ2n) is 4.35. The molecule has 1 unspecified atom stereocenters. The van der Waals surface area contributed by atoms with Crippen LogP contribution < -0.4 is 11.2 Å². The van der Waals surface area contributed by atoms with E-state index in [0.29, 0.717) is 6.04 Å². The summed E-state index contributed by atoms with van der Waals surface area (Å²) in [6.07, 6.45) is 5.46. The van der Waals surface area contributed by atoms with Crippen LogP contribution in [-0.2, 0) is 0 Å². The number of para-hydroxylation sites is 1. The van der Waals surface area contributed by atoms with Gasteiger partial charge in [0, 0.05) is 11.8 Å². The van der Waals surface area contributed by atoms with Crippen molar-refractivity contribution in [2.24, 2.45) is 10.8 Å². The van der Waals surface area contributed by atoms with E-state index in [9.17, 15) is 0 Å². The highest BCUT2D eigenvalue weighted by Crippen LogP contribution is 2.15. The van der Waals surface area contributed by atoms with E-state index in [1.54, 1.807) is 0 Å². The first-order chi connectivity index (χ1) is 7.84. The number of benzene rings is 1. The molecule has 2 rings (SSSR count). The van der Waals surface area contributed by atoms with E-state index in [2.05, 4.69) is 10.5 Å². The zero-order valence-electron chi connectivity index (χ0n) is 9.52.